The van der Waals surface area contributed by atoms with E-state index in [1.165, 1.54) is 19.3 Å². The van der Waals surface area contributed by atoms with Gasteiger partial charge in [0.25, 0.3) is 0 Å². The Morgan fingerprint density at radius 3 is 3.00 bits per heavy atom. The number of hydrogen-bond donors (Lipinski definition) is 0. The van der Waals surface area contributed by atoms with Crippen LogP contribution in [0.2, 0.25) is 0 Å². The van der Waals surface area contributed by atoms with Crippen LogP contribution in [-0.4, -0.2) is 0 Å². The summed E-state index contributed by atoms with van der Waals surface area (Å²) in [5.41, 5.74) is 1.70. The highest BCUT2D eigenvalue weighted by atomic mass is 14.3. The van der Waals surface area contributed by atoms with Gasteiger partial charge in [-0.15, -0.1) is 0 Å². The summed E-state index contributed by atoms with van der Waals surface area (Å²) in [7, 11) is 0. The first kappa shape index (κ1) is 6.21. The molecule has 0 aromatic carbocycles. The van der Waals surface area contributed by atoms with Gasteiger partial charge >= 0.3 is 0 Å². The van der Waals surface area contributed by atoms with Gasteiger partial charge in [-0.1, -0.05) is 30.7 Å². The van der Waals surface area contributed by atoms with Crippen molar-refractivity contribution in [2.45, 2.75) is 26.2 Å². The molecule has 0 N–H and O–H groups in total. The summed E-state index contributed by atoms with van der Waals surface area (Å²) >= 11 is 0. The summed E-state index contributed by atoms with van der Waals surface area (Å²) in [6.07, 6.45) is 11.2. The van der Waals surface area contributed by atoms with E-state index >= 15 is 0 Å². The van der Waals surface area contributed by atoms with Crippen LogP contribution in [0.15, 0.2) is 23.8 Å². The molecule has 0 amide bonds. The smallest absolute Gasteiger partial charge is 0.00173 e. The highest BCUT2D eigenvalue weighted by Gasteiger charge is 2.29. The predicted molar refractivity (Wildman–Crippen MR) is 43.7 cm³/mol. The van der Waals surface area contributed by atoms with Crippen molar-refractivity contribution < 1.29 is 0 Å². The lowest BCUT2D eigenvalue weighted by atomic mass is 10.00. The minimum Gasteiger partial charge on any atom is -0.0850 e. The normalized spacial score (nSPS) is 39.9. The van der Waals surface area contributed by atoms with E-state index in [1.807, 2.05) is 0 Å². The maximum Gasteiger partial charge on any atom is -0.00173 e. The van der Waals surface area contributed by atoms with E-state index in [4.69, 9.17) is 0 Å². The molecule has 0 spiro atoms. The first-order valence-corrected chi connectivity index (χ1v) is 4.27. The molecule has 0 heterocycles. The quantitative estimate of drug-likeness (QED) is 0.484. The molecule has 0 aromatic rings. The lowest BCUT2D eigenvalue weighted by molar-refractivity contribution is 0.693. The van der Waals surface area contributed by atoms with Crippen LogP contribution >= 0.6 is 0 Å². The molecule has 2 bridgehead atoms. The highest BCUT2D eigenvalue weighted by Crippen LogP contribution is 2.42. The number of fused-ring (bicyclic) bond motifs is 2. The van der Waals surface area contributed by atoms with Gasteiger partial charge in [-0.3, -0.25) is 0 Å². The van der Waals surface area contributed by atoms with E-state index in [0.29, 0.717) is 0 Å². The minimum absolute atomic E-state index is 0.838. The third-order valence-electron chi connectivity index (χ3n) is 2.61. The van der Waals surface area contributed by atoms with E-state index < -0.39 is 0 Å². The van der Waals surface area contributed by atoms with Gasteiger partial charge in [0.1, 0.15) is 0 Å². The average molecular weight is 134 g/mol. The Balaban J connectivity index is 2.16. The largest absolute Gasteiger partial charge is 0.0850 e. The SMILES string of the molecule is CC/C=C1\CC2C=CC1C2. The van der Waals surface area contributed by atoms with Gasteiger partial charge in [0.2, 0.25) is 0 Å². The van der Waals surface area contributed by atoms with Crippen molar-refractivity contribution in [1.29, 1.82) is 0 Å². The third kappa shape index (κ3) is 0.828. The summed E-state index contributed by atoms with van der Waals surface area (Å²) in [6, 6.07) is 0. The molecule has 2 aliphatic carbocycles. The van der Waals surface area contributed by atoms with Crippen molar-refractivity contribution in [1.82, 2.24) is 0 Å². The van der Waals surface area contributed by atoms with Crippen LogP contribution in [-0.2, 0) is 0 Å². The average Bonchev–Trinajstić information content (AvgIpc) is 2.48. The van der Waals surface area contributed by atoms with E-state index in [9.17, 15) is 0 Å². The number of rotatable bonds is 1. The van der Waals surface area contributed by atoms with Gasteiger partial charge in [0.15, 0.2) is 0 Å². The maximum absolute atomic E-state index is 2.41. The van der Waals surface area contributed by atoms with Gasteiger partial charge in [-0.05, 0) is 31.1 Å². The topological polar surface area (TPSA) is 0 Å². The summed E-state index contributed by atoms with van der Waals surface area (Å²) in [4.78, 5) is 0. The summed E-state index contributed by atoms with van der Waals surface area (Å²) in [6.45, 7) is 2.22. The van der Waals surface area contributed by atoms with Crippen LogP contribution in [0.3, 0.4) is 0 Å². The Bertz CT molecular complexity index is 186. The van der Waals surface area contributed by atoms with Crippen LogP contribution in [0.1, 0.15) is 26.2 Å². The molecule has 10 heavy (non-hydrogen) atoms. The summed E-state index contributed by atoms with van der Waals surface area (Å²) in [5.74, 6) is 1.74. The second kappa shape index (κ2) is 2.26. The molecular weight excluding hydrogens is 120 g/mol. The van der Waals surface area contributed by atoms with Gasteiger partial charge < -0.3 is 0 Å². The fourth-order valence-electron chi connectivity index (χ4n) is 2.15. The molecule has 2 atom stereocenters. The molecule has 0 heteroatoms. The second-order valence-electron chi connectivity index (χ2n) is 3.38. The van der Waals surface area contributed by atoms with Crippen molar-refractivity contribution in [2.75, 3.05) is 0 Å². The van der Waals surface area contributed by atoms with Crippen molar-refractivity contribution >= 4 is 0 Å². The standard InChI is InChI=1S/C10H14/c1-2-3-9-6-8-4-5-10(9)7-8/h3-5,8,10H,2,6-7H2,1H3/b9-3+. The van der Waals surface area contributed by atoms with Crippen molar-refractivity contribution in [3.8, 4) is 0 Å². The van der Waals surface area contributed by atoms with Gasteiger partial charge in [0.05, 0.1) is 0 Å². The van der Waals surface area contributed by atoms with Crippen molar-refractivity contribution in [2.24, 2.45) is 11.8 Å². The zero-order valence-corrected chi connectivity index (χ0v) is 6.51. The Morgan fingerprint density at radius 2 is 2.50 bits per heavy atom. The lowest BCUT2D eigenvalue weighted by Gasteiger charge is -2.06. The van der Waals surface area contributed by atoms with E-state index in [0.717, 1.165) is 11.8 Å². The molecule has 0 nitrogen and oxygen atoms in total. The van der Waals surface area contributed by atoms with Crippen LogP contribution in [0, 0.1) is 11.8 Å². The molecule has 0 aliphatic heterocycles. The molecule has 0 radical (unpaired) electrons. The molecule has 2 unspecified atom stereocenters. The zero-order valence-electron chi connectivity index (χ0n) is 6.51. The highest BCUT2D eigenvalue weighted by molar-refractivity contribution is 5.26. The molecule has 2 aliphatic rings. The van der Waals surface area contributed by atoms with E-state index in [2.05, 4.69) is 25.2 Å². The van der Waals surface area contributed by atoms with Gasteiger partial charge in [-0.2, -0.15) is 0 Å². The molecular formula is C10H14. The maximum atomic E-state index is 2.41. The molecule has 0 aromatic heterocycles. The first-order valence-electron chi connectivity index (χ1n) is 4.27. The third-order valence-corrected chi connectivity index (χ3v) is 2.61. The van der Waals surface area contributed by atoms with Crippen LogP contribution < -0.4 is 0 Å². The molecule has 54 valence electrons. The van der Waals surface area contributed by atoms with Crippen LogP contribution in [0.25, 0.3) is 0 Å². The number of hydrogen-bond acceptors (Lipinski definition) is 0. The summed E-state index contributed by atoms with van der Waals surface area (Å²) in [5, 5.41) is 0. The summed E-state index contributed by atoms with van der Waals surface area (Å²) < 4.78 is 0. The molecule has 2 rings (SSSR count). The van der Waals surface area contributed by atoms with E-state index in [-0.39, 0.29) is 0 Å². The van der Waals surface area contributed by atoms with Crippen LogP contribution in [0.5, 0.6) is 0 Å². The minimum atomic E-state index is 0.838. The number of allylic oxidation sites excluding steroid dienone is 4. The fourth-order valence-corrected chi connectivity index (χ4v) is 2.15. The second-order valence-corrected chi connectivity index (χ2v) is 3.38. The van der Waals surface area contributed by atoms with Crippen LogP contribution in [0.4, 0.5) is 0 Å². The lowest BCUT2D eigenvalue weighted by Crippen LogP contribution is -1.91. The molecule has 0 saturated heterocycles. The zero-order chi connectivity index (χ0) is 6.97. The first-order chi connectivity index (χ1) is 4.90. The Hall–Kier alpha value is -0.520. The van der Waals surface area contributed by atoms with Crippen molar-refractivity contribution in [3.63, 3.8) is 0 Å². The van der Waals surface area contributed by atoms with E-state index in [1.54, 1.807) is 5.57 Å². The van der Waals surface area contributed by atoms with Gasteiger partial charge in [0, 0.05) is 0 Å². The monoisotopic (exact) mass is 134 g/mol. The van der Waals surface area contributed by atoms with Crippen molar-refractivity contribution in [3.05, 3.63) is 23.8 Å². The Kier molecular flexibility index (Phi) is 1.40. The molecule has 1 saturated carbocycles. The fraction of sp³-hybridized carbons (Fsp3) is 0.600. The Morgan fingerprint density at radius 1 is 1.60 bits per heavy atom. The van der Waals surface area contributed by atoms with Gasteiger partial charge in [-0.25, -0.2) is 0 Å². The Labute approximate surface area is 62.6 Å². The molecule has 1 fully saturated rings. The predicted octanol–water partition coefficient (Wildman–Crippen LogP) is 2.92.